The van der Waals surface area contributed by atoms with Crippen LogP contribution in [0.5, 0.6) is 0 Å². The Morgan fingerprint density at radius 1 is 1.29 bits per heavy atom. The van der Waals surface area contributed by atoms with E-state index in [4.69, 9.17) is 10.2 Å². The average molecular weight is 188 g/mol. The summed E-state index contributed by atoms with van der Waals surface area (Å²) in [4.78, 5) is 14.8. The number of carbonyl (C=O) groups is 1. The molecule has 0 atom stereocenters. The van der Waals surface area contributed by atoms with Crippen molar-refractivity contribution in [3.63, 3.8) is 0 Å². The Morgan fingerprint density at radius 2 is 2.14 bits per heavy atom. The molecule has 4 nitrogen and oxygen atoms in total. The van der Waals surface area contributed by atoms with Gasteiger partial charge in [-0.3, -0.25) is 9.78 Å². The molecule has 2 N–H and O–H groups in total. The molecule has 14 heavy (non-hydrogen) atoms. The van der Waals surface area contributed by atoms with Crippen LogP contribution in [0.2, 0.25) is 0 Å². The van der Waals surface area contributed by atoms with Gasteiger partial charge in [0.15, 0.2) is 11.5 Å². The molecule has 0 aromatic carbocycles. The number of hydrogen-bond donors (Lipinski definition) is 1. The number of aromatic nitrogens is 1. The number of nitrogens with two attached hydrogens (primary N) is 1. The summed E-state index contributed by atoms with van der Waals surface area (Å²) in [6, 6.07) is 8.65. The molecule has 0 aliphatic rings. The number of rotatable bonds is 2. The largest absolute Gasteiger partial charge is 0.449 e. The van der Waals surface area contributed by atoms with Crippen LogP contribution in [0.15, 0.2) is 40.9 Å². The van der Waals surface area contributed by atoms with E-state index in [2.05, 4.69) is 4.98 Å². The molecule has 2 heterocycles. The summed E-state index contributed by atoms with van der Waals surface area (Å²) in [5, 5.41) is 0. The molecule has 70 valence electrons. The maximum absolute atomic E-state index is 10.8. The lowest BCUT2D eigenvalue weighted by Crippen LogP contribution is -2.09. The molecule has 0 spiro atoms. The van der Waals surface area contributed by atoms with Crippen molar-refractivity contribution in [2.45, 2.75) is 0 Å². The van der Waals surface area contributed by atoms with E-state index < -0.39 is 5.91 Å². The standard InChI is InChI=1S/C10H8N2O2/c11-10(13)9-5-4-8(14-9)7-3-1-2-6-12-7/h1-6H,(H2,11,13). The molecule has 0 aliphatic heterocycles. The second-order valence-corrected chi connectivity index (χ2v) is 2.74. The Morgan fingerprint density at radius 3 is 2.71 bits per heavy atom. The first-order valence-electron chi connectivity index (χ1n) is 4.08. The fourth-order valence-electron chi connectivity index (χ4n) is 1.12. The Labute approximate surface area is 80.4 Å². The van der Waals surface area contributed by atoms with E-state index >= 15 is 0 Å². The molecule has 0 unspecified atom stereocenters. The molecule has 0 saturated heterocycles. The van der Waals surface area contributed by atoms with Gasteiger partial charge in [-0.2, -0.15) is 0 Å². The number of hydrogen-bond acceptors (Lipinski definition) is 3. The van der Waals surface area contributed by atoms with E-state index in [9.17, 15) is 4.79 Å². The van der Waals surface area contributed by atoms with E-state index in [-0.39, 0.29) is 5.76 Å². The van der Waals surface area contributed by atoms with Gasteiger partial charge in [0.1, 0.15) is 5.69 Å². The van der Waals surface area contributed by atoms with Gasteiger partial charge in [0.05, 0.1) is 0 Å². The first kappa shape index (κ1) is 8.50. The van der Waals surface area contributed by atoms with Gasteiger partial charge in [-0.15, -0.1) is 0 Å². The van der Waals surface area contributed by atoms with Gasteiger partial charge in [-0.1, -0.05) is 6.07 Å². The molecule has 2 aromatic heterocycles. The molecule has 0 bridgehead atoms. The van der Waals surface area contributed by atoms with Crippen molar-refractivity contribution in [3.8, 4) is 11.5 Å². The average Bonchev–Trinajstić information content (AvgIpc) is 2.68. The SMILES string of the molecule is NC(=O)c1ccc(-c2ccccn2)o1. The summed E-state index contributed by atoms with van der Waals surface area (Å²) in [5.74, 6) is 0.109. The topological polar surface area (TPSA) is 69.1 Å². The zero-order chi connectivity index (χ0) is 9.97. The smallest absolute Gasteiger partial charge is 0.284 e. The Balaban J connectivity index is 2.39. The third kappa shape index (κ3) is 1.50. The molecule has 4 heteroatoms. The van der Waals surface area contributed by atoms with E-state index in [1.807, 2.05) is 6.07 Å². The van der Waals surface area contributed by atoms with Crippen molar-refractivity contribution in [1.29, 1.82) is 0 Å². The molecule has 1 amide bonds. The first-order valence-corrected chi connectivity index (χ1v) is 4.08. The summed E-state index contributed by atoms with van der Waals surface area (Å²) in [6.45, 7) is 0. The lowest BCUT2D eigenvalue weighted by Gasteiger charge is -1.93. The summed E-state index contributed by atoms with van der Waals surface area (Å²) >= 11 is 0. The summed E-state index contributed by atoms with van der Waals surface area (Å²) in [6.07, 6.45) is 1.65. The minimum absolute atomic E-state index is 0.144. The van der Waals surface area contributed by atoms with Crippen molar-refractivity contribution in [2.75, 3.05) is 0 Å². The number of primary amides is 1. The van der Waals surface area contributed by atoms with Crippen molar-refractivity contribution in [3.05, 3.63) is 42.3 Å². The number of nitrogens with zero attached hydrogens (tertiary/aromatic N) is 1. The van der Waals surface area contributed by atoms with E-state index in [0.717, 1.165) is 0 Å². The zero-order valence-corrected chi connectivity index (χ0v) is 7.31. The quantitative estimate of drug-likeness (QED) is 0.775. The lowest BCUT2D eigenvalue weighted by atomic mass is 10.3. The van der Waals surface area contributed by atoms with Crippen molar-refractivity contribution >= 4 is 5.91 Å². The predicted molar refractivity (Wildman–Crippen MR) is 50.5 cm³/mol. The van der Waals surface area contributed by atoms with Crippen molar-refractivity contribution in [2.24, 2.45) is 5.73 Å². The van der Waals surface area contributed by atoms with Gasteiger partial charge >= 0.3 is 0 Å². The number of amides is 1. The molecule has 0 aliphatic carbocycles. The maximum atomic E-state index is 10.8. The second kappa shape index (κ2) is 3.33. The molecule has 0 fully saturated rings. The third-order valence-electron chi connectivity index (χ3n) is 1.77. The highest BCUT2D eigenvalue weighted by molar-refractivity contribution is 5.90. The number of furan rings is 1. The Bertz CT molecular complexity index is 448. The van der Waals surface area contributed by atoms with E-state index in [1.54, 1.807) is 24.4 Å². The second-order valence-electron chi connectivity index (χ2n) is 2.74. The van der Waals surface area contributed by atoms with E-state index in [0.29, 0.717) is 11.5 Å². The van der Waals surface area contributed by atoms with Gasteiger partial charge < -0.3 is 10.2 Å². The molecule has 0 radical (unpaired) electrons. The fraction of sp³-hybridized carbons (Fsp3) is 0. The van der Waals surface area contributed by atoms with Crippen LogP contribution >= 0.6 is 0 Å². The molecule has 0 saturated carbocycles. The molecular formula is C10H8N2O2. The molecule has 2 rings (SSSR count). The lowest BCUT2D eigenvalue weighted by molar-refractivity contribution is 0.0974. The minimum atomic E-state index is -0.577. The van der Waals surface area contributed by atoms with Crippen molar-refractivity contribution in [1.82, 2.24) is 4.98 Å². The van der Waals surface area contributed by atoms with Crippen LogP contribution in [0.3, 0.4) is 0 Å². The predicted octanol–water partition coefficient (Wildman–Crippen LogP) is 1.44. The van der Waals surface area contributed by atoms with Gasteiger partial charge in [0.25, 0.3) is 5.91 Å². The molecule has 2 aromatic rings. The fourth-order valence-corrected chi connectivity index (χ4v) is 1.12. The van der Waals surface area contributed by atoms with Crippen LogP contribution < -0.4 is 5.73 Å². The summed E-state index contributed by atoms with van der Waals surface area (Å²) in [5.41, 5.74) is 5.73. The van der Waals surface area contributed by atoms with Gasteiger partial charge in [0, 0.05) is 6.20 Å². The van der Waals surface area contributed by atoms with Crippen LogP contribution in [0.1, 0.15) is 10.6 Å². The maximum Gasteiger partial charge on any atom is 0.284 e. The third-order valence-corrected chi connectivity index (χ3v) is 1.77. The van der Waals surface area contributed by atoms with Crippen LogP contribution in [-0.2, 0) is 0 Å². The zero-order valence-electron chi connectivity index (χ0n) is 7.31. The van der Waals surface area contributed by atoms with Crippen LogP contribution in [0, 0.1) is 0 Å². The summed E-state index contributed by atoms with van der Waals surface area (Å²) < 4.78 is 5.19. The van der Waals surface area contributed by atoms with Gasteiger partial charge in [0.2, 0.25) is 0 Å². The van der Waals surface area contributed by atoms with Crippen LogP contribution in [0.25, 0.3) is 11.5 Å². The normalized spacial score (nSPS) is 10.0. The van der Waals surface area contributed by atoms with Gasteiger partial charge in [-0.25, -0.2) is 0 Å². The van der Waals surface area contributed by atoms with Gasteiger partial charge in [-0.05, 0) is 24.3 Å². The Hall–Kier alpha value is -2.10. The monoisotopic (exact) mass is 188 g/mol. The highest BCUT2D eigenvalue weighted by atomic mass is 16.3. The minimum Gasteiger partial charge on any atom is -0.449 e. The Kier molecular flexibility index (Phi) is 2.02. The number of pyridine rings is 1. The van der Waals surface area contributed by atoms with Crippen LogP contribution in [-0.4, -0.2) is 10.9 Å². The van der Waals surface area contributed by atoms with Crippen LogP contribution in [0.4, 0.5) is 0 Å². The first-order chi connectivity index (χ1) is 6.77. The summed E-state index contributed by atoms with van der Waals surface area (Å²) in [7, 11) is 0. The molecular weight excluding hydrogens is 180 g/mol. The highest BCUT2D eigenvalue weighted by Crippen LogP contribution is 2.18. The highest BCUT2D eigenvalue weighted by Gasteiger charge is 2.08. The van der Waals surface area contributed by atoms with Crippen molar-refractivity contribution < 1.29 is 9.21 Å². The number of carbonyl (C=O) groups excluding carboxylic acids is 1. The van der Waals surface area contributed by atoms with E-state index in [1.165, 1.54) is 6.07 Å².